The summed E-state index contributed by atoms with van der Waals surface area (Å²) in [6, 6.07) is 0. The van der Waals surface area contributed by atoms with Gasteiger partial charge in [-0.3, -0.25) is 13.9 Å². The number of nitrogens with two attached hydrogens (primary N) is 1. The number of allylic oxidation sites excluding steroid dienone is 2. The van der Waals surface area contributed by atoms with Crippen LogP contribution in [0.2, 0.25) is 0 Å². The quantitative estimate of drug-likeness (QED) is 0.772. The van der Waals surface area contributed by atoms with Gasteiger partial charge in [-0.15, -0.1) is 0 Å². The van der Waals surface area contributed by atoms with Crippen molar-refractivity contribution in [1.29, 1.82) is 0 Å². The largest absolute Gasteiger partial charge is 0.468 e. The first-order valence-corrected chi connectivity index (χ1v) is 6.03. The highest BCUT2D eigenvalue weighted by molar-refractivity contribution is 5.79. The summed E-state index contributed by atoms with van der Waals surface area (Å²) in [4.78, 5) is 22.5. The van der Waals surface area contributed by atoms with Crippen molar-refractivity contribution < 1.29 is 18.4 Å². The molecule has 0 amide bonds. The first kappa shape index (κ1) is 16.1. The molecule has 0 aromatic carbocycles. The summed E-state index contributed by atoms with van der Waals surface area (Å²) in [6.07, 6.45) is 1.74. The maximum Gasteiger partial charge on any atom is 0.441 e. The van der Waals surface area contributed by atoms with E-state index >= 15 is 0 Å². The van der Waals surface area contributed by atoms with Crippen molar-refractivity contribution in [2.24, 2.45) is 5.73 Å². The molecular formula is C12H18FN3O4. The van der Waals surface area contributed by atoms with Crippen LogP contribution < -0.4 is 11.5 Å². The fourth-order valence-corrected chi connectivity index (χ4v) is 1.59. The first-order chi connectivity index (χ1) is 9.27. The van der Waals surface area contributed by atoms with Gasteiger partial charge in [0, 0.05) is 0 Å². The minimum absolute atomic E-state index is 0.227. The summed E-state index contributed by atoms with van der Waals surface area (Å²) in [5.74, 6) is -1.52. The maximum atomic E-state index is 13.7. The zero-order valence-electron chi connectivity index (χ0n) is 11.7. The van der Waals surface area contributed by atoms with Gasteiger partial charge in [0.1, 0.15) is 11.4 Å². The van der Waals surface area contributed by atoms with Crippen LogP contribution >= 0.6 is 0 Å². The van der Waals surface area contributed by atoms with Gasteiger partial charge in [-0.2, -0.15) is 0 Å². The average molecular weight is 287 g/mol. The lowest BCUT2D eigenvalue weighted by Gasteiger charge is -2.20. The standard InChI is InChI=1S/C12H18FN3O4/c1-8-15-20-11(18)16(8)7-9(13)5-4-6-12(2,14)10(17)19-3/h5H,4,6-7,14H2,1-3H3. The van der Waals surface area contributed by atoms with Gasteiger partial charge in [-0.1, -0.05) is 11.2 Å². The lowest BCUT2D eigenvalue weighted by molar-refractivity contribution is -0.146. The van der Waals surface area contributed by atoms with E-state index in [0.29, 0.717) is 0 Å². The summed E-state index contributed by atoms with van der Waals surface area (Å²) < 4.78 is 23.7. The van der Waals surface area contributed by atoms with Crippen molar-refractivity contribution in [2.45, 2.75) is 38.8 Å². The Morgan fingerprint density at radius 1 is 1.65 bits per heavy atom. The number of esters is 1. The van der Waals surface area contributed by atoms with E-state index in [4.69, 9.17) is 5.73 Å². The molecule has 0 bridgehead atoms. The number of ether oxygens (including phenoxy) is 1. The lowest BCUT2D eigenvalue weighted by atomic mass is 9.97. The van der Waals surface area contributed by atoms with E-state index in [2.05, 4.69) is 14.4 Å². The molecule has 112 valence electrons. The molecule has 8 heteroatoms. The van der Waals surface area contributed by atoms with Crippen LogP contribution in [0.25, 0.3) is 0 Å². The normalized spacial score (nSPS) is 14.9. The lowest BCUT2D eigenvalue weighted by Crippen LogP contribution is -2.45. The Kier molecular flexibility index (Phi) is 5.20. The number of aromatic nitrogens is 2. The molecule has 0 saturated heterocycles. The predicted octanol–water partition coefficient (Wildman–Crippen LogP) is 0.669. The van der Waals surface area contributed by atoms with E-state index in [-0.39, 0.29) is 25.2 Å². The molecule has 20 heavy (non-hydrogen) atoms. The highest BCUT2D eigenvalue weighted by Crippen LogP contribution is 2.13. The van der Waals surface area contributed by atoms with Gasteiger partial charge in [0.25, 0.3) is 0 Å². The highest BCUT2D eigenvalue weighted by Gasteiger charge is 2.28. The number of aryl methyl sites for hydroxylation is 1. The fraction of sp³-hybridized carbons (Fsp3) is 0.583. The van der Waals surface area contributed by atoms with E-state index in [1.54, 1.807) is 0 Å². The van der Waals surface area contributed by atoms with Gasteiger partial charge < -0.3 is 10.5 Å². The highest BCUT2D eigenvalue weighted by atomic mass is 19.1. The summed E-state index contributed by atoms with van der Waals surface area (Å²) >= 11 is 0. The maximum absolute atomic E-state index is 13.7. The van der Waals surface area contributed by atoms with Crippen LogP contribution in [0, 0.1) is 6.92 Å². The molecule has 1 heterocycles. The summed E-state index contributed by atoms with van der Waals surface area (Å²) in [7, 11) is 1.24. The molecule has 0 saturated carbocycles. The Labute approximate surface area is 115 Å². The van der Waals surface area contributed by atoms with Crippen LogP contribution in [-0.2, 0) is 16.1 Å². The summed E-state index contributed by atoms with van der Waals surface area (Å²) in [5.41, 5.74) is 4.56. The van der Waals surface area contributed by atoms with Gasteiger partial charge in [0.2, 0.25) is 0 Å². The third-order valence-corrected chi connectivity index (χ3v) is 2.86. The predicted molar refractivity (Wildman–Crippen MR) is 68.5 cm³/mol. The molecule has 0 radical (unpaired) electrons. The molecule has 0 spiro atoms. The number of nitrogens with zero attached hydrogens (tertiary/aromatic N) is 2. The van der Waals surface area contributed by atoms with Gasteiger partial charge in [0.05, 0.1) is 13.7 Å². The summed E-state index contributed by atoms with van der Waals surface area (Å²) in [5, 5.41) is 3.42. The first-order valence-electron chi connectivity index (χ1n) is 6.03. The van der Waals surface area contributed by atoms with Gasteiger partial charge in [0.15, 0.2) is 5.82 Å². The van der Waals surface area contributed by atoms with Gasteiger partial charge in [-0.25, -0.2) is 9.18 Å². The van der Waals surface area contributed by atoms with Crippen LogP contribution in [0.4, 0.5) is 4.39 Å². The number of rotatable bonds is 6. The van der Waals surface area contributed by atoms with E-state index in [0.717, 1.165) is 4.57 Å². The van der Waals surface area contributed by atoms with E-state index in [9.17, 15) is 14.0 Å². The third-order valence-electron chi connectivity index (χ3n) is 2.86. The number of hydrogen-bond donors (Lipinski definition) is 1. The van der Waals surface area contributed by atoms with Crippen molar-refractivity contribution >= 4 is 5.97 Å². The Bertz CT molecular complexity index is 559. The third kappa shape index (κ3) is 4.02. The molecule has 2 N–H and O–H groups in total. The smallest absolute Gasteiger partial charge is 0.441 e. The molecule has 0 aliphatic carbocycles. The van der Waals surface area contributed by atoms with Crippen LogP contribution in [0.1, 0.15) is 25.6 Å². The number of methoxy groups -OCH3 is 1. The molecule has 0 fully saturated rings. The molecule has 1 aromatic rings. The van der Waals surface area contributed by atoms with Crippen LogP contribution in [0.15, 0.2) is 21.2 Å². The van der Waals surface area contributed by atoms with E-state index in [1.165, 1.54) is 27.0 Å². The molecule has 0 aliphatic rings. The van der Waals surface area contributed by atoms with Crippen molar-refractivity contribution in [1.82, 2.24) is 9.72 Å². The number of halogens is 1. The van der Waals surface area contributed by atoms with Crippen LogP contribution in [0.5, 0.6) is 0 Å². The minimum Gasteiger partial charge on any atom is -0.468 e. The number of hydrogen-bond acceptors (Lipinski definition) is 6. The number of carbonyl (C=O) groups excluding carboxylic acids is 1. The molecule has 1 rings (SSSR count). The average Bonchev–Trinajstić information content (AvgIpc) is 2.69. The molecule has 1 aromatic heterocycles. The van der Waals surface area contributed by atoms with Crippen molar-refractivity contribution in [3.8, 4) is 0 Å². The zero-order chi connectivity index (χ0) is 15.3. The Morgan fingerprint density at radius 3 is 2.80 bits per heavy atom. The van der Waals surface area contributed by atoms with E-state index in [1.807, 2.05) is 0 Å². The van der Waals surface area contributed by atoms with Gasteiger partial charge in [-0.05, 0) is 26.7 Å². The number of carbonyl (C=O) groups is 1. The summed E-state index contributed by atoms with van der Waals surface area (Å²) in [6.45, 7) is 2.79. The van der Waals surface area contributed by atoms with Crippen molar-refractivity contribution in [3.05, 3.63) is 28.3 Å². The SMILES string of the molecule is COC(=O)C(C)(N)CCC=C(F)Cn1c(C)noc1=O. The Balaban J connectivity index is 2.59. The van der Waals surface area contributed by atoms with Crippen molar-refractivity contribution in [3.63, 3.8) is 0 Å². The Hall–Kier alpha value is -1.96. The fourth-order valence-electron chi connectivity index (χ4n) is 1.59. The second kappa shape index (κ2) is 6.47. The zero-order valence-corrected chi connectivity index (χ0v) is 11.7. The van der Waals surface area contributed by atoms with Gasteiger partial charge >= 0.3 is 11.7 Å². The monoisotopic (exact) mass is 287 g/mol. The molecule has 1 unspecified atom stereocenters. The van der Waals surface area contributed by atoms with Crippen LogP contribution in [0.3, 0.4) is 0 Å². The minimum atomic E-state index is -1.17. The molecule has 7 nitrogen and oxygen atoms in total. The molecular weight excluding hydrogens is 269 g/mol. The molecule has 1 atom stereocenters. The van der Waals surface area contributed by atoms with E-state index < -0.39 is 23.1 Å². The Morgan fingerprint density at radius 2 is 2.30 bits per heavy atom. The van der Waals surface area contributed by atoms with Crippen LogP contribution in [-0.4, -0.2) is 28.3 Å². The van der Waals surface area contributed by atoms with Crippen molar-refractivity contribution in [2.75, 3.05) is 7.11 Å². The second-order valence-electron chi connectivity index (χ2n) is 4.68. The molecule has 0 aliphatic heterocycles. The topological polar surface area (TPSA) is 100 Å². The second-order valence-corrected chi connectivity index (χ2v) is 4.68.